The van der Waals surface area contributed by atoms with Crippen LogP contribution in [0, 0.1) is 5.41 Å². The average molecular weight is 711 g/mol. The van der Waals surface area contributed by atoms with Crippen LogP contribution in [0.5, 0.6) is 0 Å². The van der Waals surface area contributed by atoms with E-state index in [4.69, 9.17) is 15.4 Å². The number of benzene rings is 7. The van der Waals surface area contributed by atoms with Gasteiger partial charge in [0.25, 0.3) is 0 Å². The number of para-hydroxylation sites is 1. The van der Waals surface area contributed by atoms with Gasteiger partial charge < -0.3 is 4.57 Å². The maximum Gasteiger partial charge on any atom is 0.161 e. The molecule has 9 rings (SSSR count). The van der Waals surface area contributed by atoms with E-state index in [2.05, 4.69) is 135 Å². The van der Waals surface area contributed by atoms with Crippen molar-refractivity contribution in [3.8, 4) is 27.9 Å². The van der Waals surface area contributed by atoms with Gasteiger partial charge in [0.05, 0.1) is 11.0 Å². The molecule has 7 aromatic carbocycles. The van der Waals surface area contributed by atoms with Gasteiger partial charge in [0.15, 0.2) is 11.7 Å². The summed E-state index contributed by atoms with van der Waals surface area (Å²) in [6, 6.07) is 59.0. The van der Waals surface area contributed by atoms with E-state index in [1.54, 1.807) is 0 Å². The minimum absolute atomic E-state index is 0.0917. The Bertz CT molecular complexity index is 2800. The predicted octanol–water partition coefficient (Wildman–Crippen LogP) is 12.6. The van der Waals surface area contributed by atoms with Crippen molar-refractivity contribution in [3.63, 3.8) is 0 Å². The zero-order valence-electron chi connectivity index (χ0n) is 31.6. The highest BCUT2D eigenvalue weighted by Crippen LogP contribution is 2.56. The van der Waals surface area contributed by atoms with Gasteiger partial charge in [0, 0.05) is 39.2 Å². The number of hydrogen-bond donors (Lipinski definition) is 1. The van der Waals surface area contributed by atoms with Gasteiger partial charge in [0.2, 0.25) is 0 Å². The van der Waals surface area contributed by atoms with Crippen LogP contribution in [0.1, 0.15) is 55.5 Å². The van der Waals surface area contributed by atoms with Crippen LogP contribution in [0.25, 0.3) is 49.7 Å². The van der Waals surface area contributed by atoms with Crippen LogP contribution >= 0.6 is 0 Å². The number of fused-ring (bicyclic) bond motifs is 7. The quantitative estimate of drug-likeness (QED) is 0.137. The van der Waals surface area contributed by atoms with Crippen molar-refractivity contribution >= 4 is 39.7 Å². The molecule has 4 heteroatoms. The number of hydrogen-bond acceptors (Lipinski definition) is 1. The average Bonchev–Trinajstić information content (AvgIpc) is 3.56. The molecule has 4 nitrogen and oxygen atoms in total. The fourth-order valence-electron chi connectivity index (χ4n) is 8.34. The molecule has 1 N–H and O–H groups in total. The third kappa shape index (κ3) is 5.73. The van der Waals surface area contributed by atoms with Crippen LogP contribution in [0.15, 0.2) is 180 Å². The normalized spacial score (nSPS) is 14.6. The summed E-state index contributed by atoms with van der Waals surface area (Å²) in [6.07, 6.45) is 1.85. The predicted molar refractivity (Wildman–Crippen MR) is 232 cm³/mol. The lowest BCUT2D eigenvalue weighted by atomic mass is 9.55. The van der Waals surface area contributed by atoms with Gasteiger partial charge in [-0.2, -0.15) is 0 Å². The second-order valence-electron chi connectivity index (χ2n) is 15.5. The number of rotatable bonds is 5. The van der Waals surface area contributed by atoms with Crippen LogP contribution < -0.4 is 0 Å². The topological polar surface area (TPSA) is 53.5 Å². The zero-order valence-corrected chi connectivity index (χ0v) is 31.6. The first kappa shape index (κ1) is 34.1. The van der Waals surface area contributed by atoms with Gasteiger partial charge in [0.1, 0.15) is 0 Å². The maximum atomic E-state index is 8.99. The number of nitrogens with zero attached hydrogens (tertiary/aromatic N) is 3. The van der Waals surface area contributed by atoms with E-state index in [0.717, 1.165) is 33.5 Å². The summed E-state index contributed by atoms with van der Waals surface area (Å²) in [5.41, 5.74) is 13.4. The summed E-state index contributed by atoms with van der Waals surface area (Å²) >= 11 is 0. The number of aromatic nitrogens is 1. The van der Waals surface area contributed by atoms with Gasteiger partial charge in [-0.1, -0.05) is 173 Å². The molecule has 0 fully saturated rings. The molecule has 1 aliphatic rings. The first-order valence-electron chi connectivity index (χ1n) is 18.9. The molecule has 0 aliphatic heterocycles. The zero-order chi connectivity index (χ0) is 37.7. The Kier molecular flexibility index (Phi) is 8.28. The van der Waals surface area contributed by atoms with Crippen molar-refractivity contribution in [1.29, 1.82) is 5.41 Å². The van der Waals surface area contributed by atoms with E-state index in [-0.39, 0.29) is 16.7 Å². The summed E-state index contributed by atoms with van der Waals surface area (Å²) in [6.45, 7) is 9.61. The van der Waals surface area contributed by atoms with Gasteiger partial charge in [-0.25, -0.2) is 9.98 Å². The minimum Gasteiger partial charge on any atom is -0.309 e. The van der Waals surface area contributed by atoms with Crippen molar-refractivity contribution in [3.05, 3.63) is 198 Å². The molecule has 1 aliphatic carbocycles. The van der Waals surface area contributed by atoms with E-state index in [9.17, 15) is 0 Å². The highest BCUT2D eigenvalue weighted by atomic mass is 15.0. The number of nitrogens with one attached hydrogen (secondary N) is 1. The summed E-state index contributed by atoms with van der Waals surface area (Å²) in [5, 5.41) is 11.5. The third-order valence-electron chi connectivity index (χ3n) is 11.9. The van der Waals surface area contributed by atoms with Gasteiger partial charge in [-0.3, -0.25) is 5.41 Å². The second kappa shape index (κ2) is 13.3. The molecule has 0 atom stereocenters. The summed E-state index contributed by atoms with van der Waals surface area (Å²) in [7, 11) is 0. The molecule has 1 heterocycles. The third-order valence-corrected chi connectivity index (χ3v) is 11.9. The first-order valence-corrected chi connectivity index (χ1v) is 18.9. The molecule has 0 saturated heterocycles. The summed E-state index contributed by atoms with van der Waals surface area (Å²) < 4.78 is 2.46. The molecule has 0 unspecified atom stereocenters. The van der Waals surface area contributed by atoms with Crippen LogP contribution in [0.2, 0.25) is 0 Å². The van der Waals surface area contributed by atoms with Gasteiger partial charge in [-0.15, -0.1) is 0 Å². The van der Waals surface area contributed by atoms with Crippen LogP contribution in [0.3, 0.4) is 0 Å². The molecule has 8 aromatic rings. The second-order valence-corrected chi connectivity index (χ2v) is 15.5. The smallest absolute Gasteiger partial charge is 0.161 e. The van der Waals surface area contributed by atoms with Crippen LogP contribution in [0.4, 0.5) is 0 Å². The molecule has 55 heavy (non-hydrogen) atoms. The Morgan fingerprint density at radius 3 is 2.00 bits per heavy atom. The van der Waals surface area contributed by atoms with Crippen molar-refractivity contribution in [2.45, 2.75) is 38.5 Å². The van der Waals surface area contributed by atoms with Crippen LogP contribution in [-0.2, 0) is 10.8 Å². The molecule has 1 aromatic heterocycles. The maximum absolute atomic E-state index is 8.99. The molecule has 0 radical (unpaired) electrons. The SMILES string of the molecule is CC1(C)c2ccccc2-c2ccc3c4ccccc4n(-c4ccc(C=NC(=NC(=N)c5cccc(-c6ccccc6)c5)c5ccccc5)cc4)c3c2C1(C)C. The Morgan fingerprint density at radius 2 is 1.22 bits per heavy atom. The molecular formula is C51H42N4. The lowest BCUT2D eigenvalue weighted by Gasteiger charge is -2.48. The largest absolute Gasteiger partial charge is 0.309 e. The lowest BCUT2D eigenvalue weighted by molar-refractivity contribution is 0.301. The molecule has 0 amide bonds. The summed E-state index contributed by atoms with van der Waals surface area (Å²) in [4.78, 5) is 9.67. The fourth-order valence-corrected chi connectivity index (χ4v) is 8.34. The summed E-state index contributed by atoms with van der Waals surface area (Å²) in [5.74, 6) is 0.645. The molecule has 266 valence electrons. The van der Waals surface area contributed by atoms with Crippen molar-refractivity contribution in [1.82, 2.24) is 4.57 Å². The first-order chi connectivity index (χ1) is 26.7. The molecule has 0 spiro atoms. The molecule has 0 saturated carbocycles. The van der Waals surface area contributed by atoms with Crippen LogP contribution in [-0.4, -0.2) is 22.5 Å². The van der Waals surface area contributed by atoms with Gasteiger partial charge >= 0.3 is 0 Å². The Labute approximate surface area is 322 Å². The molecular weight excluding hydrogens is 669 g/mol. The van der Waals surface area contributed by atoms with E-state index in [1.807, 2.05) is 72.9 Å². The number of amidine groups is 2. The Morgan fingerprint density at radius 1 is 0.564 bits per heavy atom. The molecule has 0 bridgehead atoms. The highest BCUT2D eigenvalue weighted by Gasteiger charge is 2.47. The van der Waals surface area contributed by atoms with Crippen molar-refractivity contribution in [2.24, 2.45) is 9.98 Å². The monoisotopic (exact) mass is 710 g/mol. The Balaban J connectivity index is 1.12. The van der Waals surface area contributed by atoms with E-state index >= 15 is 0 Å². The standard InChI is InChI=1S/C51H42N4/c1-50(2)44-24-13-11-22-40(44)42-30-31-43-41-23-12-14-25-45(41)55(47(43)46(42)51(50,3)4)39-28-26-34(27-29-39)33-53-49(36-18-9-6-10-19-36)54-48(52)38-21-15-20-37(32-38)35-16-7-5-8-17-35/h5-33,52H,1-4H3. The van der Waals surface area contributed by atoms with E-state index in [0.29, 0.717) is 5.84 Å². The van der Waals surface area contributed by atoms with Gasteiger partial charge in [-0.05, 0) is 68.6 Å². The van der Waals surface area contributed by atoms with E-state index < -0.39 is 0 Å². The Hall–Kier alpha value is -6.65. The number of aliphatic imine (C=N–C) groups is 2. The highest BCUT2D eigenvalue weighted by molar-refractivity contribution is 6.14. The van der Waals surface area contributed by atoms with Crippen molar-refractivity contribution in [2.75, 3.05) is 0 Å². The fraction of sp³-hybridized carbons (Fsp3) is 0.118. The lowest BCUT2D eigenvalue weighted by Crippen LogP contribution is -2.43. The van der Waals surface area contributed by atoms with Crippen molar-refractivity contribution < 1.29 is 0 Å². The van der Waals surface area contributed by atoms with E-state index in [1.165, 1.54) is 44.1 Å². The minimum atomic E-state index is -0.154.